The van der Waals surface area contributed by atoms with Crippen LogP contribution in [0.5, 0.6) is 0 Å². The fourth-order valence-electron chi connectivity index (χ4n) is 3.14. The van der Waals surface area contributed by atoms with Crippen molar-refractivity contribution in [2.75, 3.05) is 0 Å². The quantitative estimate of drug-likeness (QED) is 0.676. The maximum absolute atomic E-state index is 12.2. The highest BCUT2D eigenvalue weighted by molar-refractivity contribution is 5.91. The summed E-state index contributed by atoms with van der Waals surface area (Å²) in [7, 11) is 0. The number of amides is 1. The first-order valence-corrected chi connectivity index (χ1v) is 9.13. The topological polar surface area (TPSA) is 73.0 Å². The number of nitrogens with zero attached hydrogens (tertiary/aromatic N) is 3. The number of hydrogen-bond acceptors (Lipinski definition) is 4. The Balaban J connectivity index is 1.34. The Morgan fingerprint density at radius 1 is 1.30 bits per heavy atom. The summed E-state index contributed by atoms with van der Waals surface area (Å²) in [5.41, 5.74) is 1.94. The third-order valence-electron chi connectivity index (χ3n) is 4.96. The lowest BCUT2D eigenvalue weighted by Crippen LogP contribution is -2.24. The fourth-order valence-corrected chi connectivity index (χ4v) is 3.14. The first kappa shape index (κ1) is 17.3. The van der Waals surface area contributed by atoms with Crippen LogP contribution in [0.15, 0.2) is 59.5 Å². The zero-order chi connectivity index (χ0) is 18.8. The molecular formula is C21H22N4O2. The number of carbonyl (C=O) groups is 1. The summed E-state index contributed by atoms with van der Waals surface area (Å²) in [6, 6.07) is 11.7. The van der Waals surface area contributed by atoms with Gasteiger partial charge >= 0.3 is 0 Å². The molecule has 138 valence electrons. The molecule has 2 aromatic heterocycles. The molecule has 0 radical (unpaired) electrons. The summed E-state index contributed by atoms with van der Waals surface area (Å²) in [5, 5.41) is 7.07. The average molecular weight is 362 g/mol. The van der Waals surface area contributed by atoms with E-state index in [1.807, 2.05) is 43.3 Å². The first-order valence-electron chi connectivity index (χ1n) is 9.13. The standard InChI is InChI=1S/C21H22N4O2/c1-14-11-19(14)20-9-7-18(27-20)8-10-21(26)24-15(2)16-3-5-17(6-4-16)25-13-22-12-23-25/h3-10,12-15,19H,11H2,1-2H3,(H,24,26)/b10-8+. The van der Waals surface area contributed by atoms with E-state index in [0.29, 0.717) is 17.6 Å². The van der Waals surface area contributed by atoms with Gasteiger partial charge in [-0.05, 0) is 55.2 Å². The molecule has 0 aliphatic heterocycles. The van der Waals surface area contributed by atoms with Gasteiger partial charge in [0.1, 0.15) is 24.2 Å². The second kappa shape index (κ2) is 7.23. The Morgan fingerprint density at radius 2 is 2.07 bits per heavy atom. The molecular weight excluding hydrogens is 340 g/mol. The van der Waals surface area contributed by atoms with Gasteiger partial charge < -0.3 is 9.73 Å². The number of furan rings is 1. The van der Waals surface area contributed by atoms with Gasteiger partial charge in [-0.1, -0.05) is 19.1 Å². The highest BCUT2D eigenvalue weighted by Crippen LogP contribution is 2.47. The second-order valence-electron chi connectivity index (χ2n) is 7.05. The van der Waals surface area contributed by atoms with Crippen molar-refractivity contribution in [1.82, 2.24) is 20.1 Å². The number of aromatic nitrogens is 3. The number of rotatable bonds is 6. The summed E-state index contributed by atoms with van der Waals surface area (Å²) < 4.78 is 7.48. The molecule has 1 N–H and O–H groups in total. The fraction of sp³-hybridized carbons (Fsp3) is 0.286. The maximum Gasteiger partial charge on any atom is 0.244 e. The van der Waals surface area contributed by atoms with Gasteiger partial charge in [-0.15, -0.1) is 0 Å². The SMILES string of the molecule is CC(NC(=O)/C=C/c1ccc(C2CC2C)o1)c1ccc(-n2cncn2)cc1. The average Bonchev–Trinajstić information content (AvgIpc) is 3.11. The zero-order valence-electron chi connectivity index (χ0n) is 15.4. The zero-order valence-corrected chi connectivity index (χ0v) is 15.4. The minimum Gasteiger partial charge on any atom is -0.461 e. The largest absolute Gasteiger partial charge is 0.461 e. The lowest BCUT2D eigenvalue weighted by molar-refractivity contribution is -0.117. The molecule has 6 nitrogen and oxygen atoms in total. The van der Waals surface area contributed by atoms with Crippen LogP contribution in [0.3, 0.4) is 0 Å². The van der Waals surface area contributed by atoms with Crippen molar-refractivity contribution in [2.24, 2.45) is 5.92 Å². The molecule has 1 aromatic carbocycles. The van der Waals surface area contributed by atoms with Crippen molar-refractivity contribution in [1.29, 1.82) is 0 Å². The molecule has 4 rings (SSSR count). The van der Waals surface area contributed by atoms with Crippen LogP contribution in [0.4, 0.5) is 0 Å². The maximum atomic E-state index is 12.2. The van der Waals surface area contributed by atoms with Gasteiger partial charge in [-0.3, -0.25) is 4.79 Å². The van der Waals surface area contributed by atoms with Gasteiger partial charge in [0.05, 0.1) is 11.7 Å². The Kier molecular flexibility index (Phi) is 4.62. The van der Waals surface area contributed by atoms with Crippen LogP contribution in [-0.2, 0) is 4.79 Å². The lowest BCUT2D eigenvalue weighted by atomic mass is 10.1. The summed E-state index contributed by atoms with van der Waals surface area (Å²) in [6.45, 7) is 4.17. The van der Waals surface area contributed by atoms with Crippen molar-refractivity contribution in [2.45, 2.75) is 32.2 Å². The van der Waals surface area contributed by atoms with E-state index in [9.17, 15) is 4.79 Å². The van der Waals surface area contributed by atoms with E-state index in [1.54, 1.807) is 17.1 Å². The Bertz CT molecular complexity index is 941. The van der Waals surface area contributed by atoms with E-state index >= 15 is 0 Å². The summed E-state index contributed by atoms with van der Waals surface area (Å²) in [4.78, 5) is 16.1. The first-order chi connectivity index (χ1) is 13.1. The molecule has 2 heterocycles. The van der Waals surface area contributed by atoms with Crippen LogP contribution in [0.25, 0.3) is 11.8 Å². The van der Waals surface area contributed by atoms with Gasteiger partial charge in [0.2, 0.25) is 5.91 Å². The van der Waals surface area contributed by atoms with E-state index in [1.165, 1.54) is 18.8 Å². The molecule has 3 unspecified atom stereocenters. The van der Waals surface area contributed by atoms with Crippen LogP contribution in [0.2, 0.25) is 0 Å². The predicted octanol–water partition coefficient (Wildman–Crippen LogP) is 3.87. The number of nitrogens with one attached hydrogen (secondary N) is 1. The molecule has 0 saturated heterocycles. The summed E-state index contributed by atoms with van der Waals surface area (Å²) in [5.74, 6) is 2.82. The highest BCUT2D eigenvalue weighted by atomic mass is 16.3. The Labute approximate surface area is 157 Å². The van der Waals surface area contributed by atoms with Gasteiger partial charge in [0, 0.05) is 12.0 Å². The highest BCUT2D eigenvalue weighted by Gasteiger charge is 2.36. The molecule has 1 fully saturated rings. The molecule has 1 aliphatic rings. The van der Waals surface area contributed by atoms with E-state index in [0.717, 1.165) is 17.0 Å². The van der Waals surface area contributed by atoms with Crippen LogP contribution < -0.4 is 5.32 Å². The summed E-state index contributed by atoms with van der Waals surface area (Å²) >= 11 is 0. The predicted molar refractivity (Wildman–Crippen MR) is 102 cm³/mol. The van der Waals surface area contributed by atoms with Crippen LogP contribution in [0.1, 0.15) is 49.3 Å². The Hall–Kier alpha value is -3.15. The minimum absolute atomic E-state index is 0.105. The second-order valence-corrected chi connectivity index (χ2v) is 7.05. The molecule has 3 aromatic rings. The number of carbonyl (C=O) groups excluding carboxylic acids is 1. The molecule has 3 atom stereocenters. The Morgan fingerprint density at radius 3 is 2.74 bits per heavy atom. The molecule has 0 bridgehead atoms. The van der Waals surface area contributed by atoms with Crippen molar-refractivity contribution >= 4 is 12.0 Å². The normalized spacial score (nSPS) is 19.9. The number of benzene rings is 1. The van der Waals surface area contributed by atoms with E-state index < -0.39 is 0 Å². The lowest BCUT2D eigenvalue weighted by Gasteiger charge is -2.13. The third kappa shape index (κ3) is 4.00. The molecule has 0 spiro atoms. The van der Waals surface area contributed by atoms with Crippen molar-refractivity contribution in [3.05, 3.63) is 72.2 Å². The van der Waals surface area contributed by atoms with Crippen molar-refractivity contribution < 1.29 is 9.21 Å². The van der Waals surface area contributed by atoms with Crippen molar-refractivity contribution in [3.63, 3.8) is 0 Å². The van der Waals surface area contributed by atoms with E-state index in [-0.39, 0.29) is 11.9 Å². The van der Waals surface area contributed by atoms with Crippen molar-refractivity contribution in [3.8, 4) is 5.69 Å². The van der Waals surface area contributed by atoms with Gasteiger partial charge in [0.25, 0.3) is 0 Å². The van der Waals surface area contributed by atoms with Gasteiger partial charge in [0.15, 0.2) is 0 Å². The molecule has 1 aliphatic carbocycles. The van der Waals surface area contributed by atoms with Gasteiger partial charge in [-0.2, -0.15) is 5.10 Å². The molecule has 1 saturated carbocycles. The number of hydrogen-bond donors (Lipinski definition) is 1. The molecule has 6 heteroatoms. The third-order valence-corrected chi connectivity index (χ3v) is 4.96. The minimum atomic E-state index is -0.152. The monoisotopic (exact) mass is 362 g/mol. The van der Waals surface area contributed by atoms with Crippen LogP contribution in [0, 0.1) is 5.92 Å². The smallest absolute Gasteiger partial charge is 0.244 e. The molecule has 27 heavy (non-hydrogen) atoms. The van der Waals surface area contributed by atoms with E-state index in [4.69, 9.17) is 4.42 Å². The van der Waals surface area contributed by atoms with Crippen LogP contribution >= 0.6 is 0 Å². The molecule has 1 amide bonds. The summed E-state index contributed by atoms with van der Waals surface area (Å²) in [6.07, 6.45) is 7.56. The van der Waals surface area contributed by atoms with Gasteiger partial charge in [-0.25, -0.2) is 9.67 Å². The van der Waals surface area contributed by atoms with E-state index in [2.05, 4.69) is 22.3 Å². The van der Waals surface area contributed by atoms with Crippen LogP contribution in [-0.4, -0.2) is 20.7 Å².